The average molecular weight is 451 g/mol. The van der Waals surface area contributed by atoms with Crippen LogP contribution < -0.4 is 10.6 Å². The van der Waals surface area contributed by atoms with E-state index in [4.69, 9.17) is 0 Å². The first-order valence-electron chi connectivity index (χ1n) is 10.7. The Morgan fingerprint density at radius 2 is 1.00 bits per heavy atom. The van der Waals surface area contributed by atoms with Gasteiger partial charge in [0.1, 0.15) is 11.0 Å². The van der Waals surface area contributed by atoms with Gasteiger partial charge in [-0.2, -0.15) is 9.97 Å². The van der Waals surface area contributed by atoms with Gasteiger partial charge < -0.3 is 20.6 Å². The number of H-pyrrole nitrogens is 2. The van der Waals surface area contributed by atoms with Crippen LogP contribution >= 0.6 is 0 Å². The van der Waals surface area contributed by atoms with Crippen molar-refractivity contribution in [3.05, 3.63) is 96.8 Å². The van der Waals surface area contributed by atoms with Crippen molar-refractivity contribution in [3.63, 3.8) is 0 Å². The van der Waals surface area contributed by atoms with Crippen LogP contribution in [0.4, 0.5) is 11.9 Å². The molecular formula is C24H22N10. The van der Waals surface area contributed by atoms with Crippen LogP contribution in [-0.2, 0) is 13.1 Å². The number of hydrogen-bond donors (Lipinski definition) is 4. The topological polar surface area (TPSA) is 133 Å². The van der Waals surface area contributed by atoms with Crippen molar-refractivity contribution in [1.29, 1.82) is 0 Å². The Morgan fingerprint density at radius 1 is 0.559 bits per heavy atom. The smallest absolute Gasteiger partial charge is 0.225 e. The predicted molar refractivity (Wildman–Crippen MR) is 131 cm³/mol. The molecule has 0 aliphatic rings. The molecule has 10 heteroatoms. The molecule has 0 radical (unpaired) electrons. The zero-order valence-corrected chi connectivity index (χ0v) is 18.2. The van der Waals surface area contributed by atoms with Crippen LogP contribution in [0.3, 0.4) is 0 Å². The summed E-state index contributed by atoms with van der Waals surface area (Å²) in [5, 5.41) is 6.33. The maximum Gasteiger partial charge on any atom is 0.225 e. The van der Waals surface area contributed by atoms with E-state index in [2.05, 4.69) is 74.8 Å². The number of imidazole rings is 2. The molecule has 4 N–H and O–H groups in total. The van der Waals surface area contributed by atoms with Crippen LogP contribution in [0.1, 0.15) is 11.1 Å². The summed E-state index contributed by atoms with van der Waals surface area (Å²) in [7, 11) is 0. The molecule has 0 aliphatic carbocycles. The number of hydrogen-bond acceptors (Lipinski definition) is 8. The van der Waals surface area contributed by atoms with Gasteiger partial charge in [-0.3, -0.25) is 0 Å². The fourth-order valence-electron chi connectivity index (χ4n) is 3.20. The van der Waals surface area contributed by atoms with Crippen LogP contribution in [0.2, 0.25) is 0 Å². The number of aromatic nitrogens is 8. The van der Waals surface area contributed by atoms with E-state index in [0.717, 1.165) is 11.0 Å². The van der Waals surface area contributed by atoms with Crippen molar-refractivity contribution in [1.82, 2.24) is 39.9 Å². The third-order valence-corrected chi connectivity index (χ3v) is 4.94. The second kappa shape index (κ2) is 10.2. The predicted octanol–water partition coefficient (Wildman–Crippen LogP) is 3.93. The summed E-state index contributed by atoms with van der Waals surface area (Å²) in [6, 6.07) is 20.2. The van der Waals surface area contributed by atoms with Gasteiger partial charge in [-0.15, -0.1) is 0 Å². The maximum absolute atomic E-state index is 4.29. The minimum atomic E-state index is 0.591. The molecule has 4 aromatic heterocycles. The minimum absolute atomic E-state index is 0.591. The Morgan fingerprint density at radius 3 is 1.44 bits per heavy atom. The second-order valence-electron chi connectivity index (χ2n) is 7.35. The van der Waals surface area contributed by atoms with Gasteiger partial charge in [-0.25, -0.2) is 19.9 Å². The standard InChI is InChI=1S/2C12H11N5/c2*1-2-4-9(5-3-1)6-13-12-14-7-10-11(17-12)16-8-15-10/h2*1-5,7-8H,6H2,(H2,13,14,15,16,17). The minimum Gasteiger partial charge on any atom is -0.350 e. The lowest BCUT2D eigenvalue weighted by molar-refractivity contribution is 1.07. The Hall–Kier alpha value is -4.86. The summed E-state index contributed by atoms with van der Waals surface area (Å²) >= 11 is 0. The van der Waals surface area contributed by atoms with Gasteiger partial charge in [0.2, 0.25) is 11.9 Å². The number of nitrogens with one attached hydrogen (secondary N) is 4. The summed E-state index contributed by atoms with van der Waals surface area (Å²) in [5.41, 5.74) is 5.42. The highest BCUT2D eigenvalue weighted by Gasteiger charge is 2.02. The molecule has 168 valence electrons. The summed E-state index contributed by atoms with van der Waals surface area (Å²) in [5.74, 6) is 1.18. The van der Waals surface area contributed by atoms with Crippen molar-refractivity contribution < 1.29 is 0 Å². The highest BCUT2D eigenvalue weighted by molar-refractivity contribution is 5.70. The number of nitrogens with zero attached hydrogens (tertiary/aromatic N) is 6. The number of rotatable bonds is 6. The van der Waals surface area contributed by atoms with E-state index in [9.17, 15) is 0 Å². The van der Waals surface area contributed by atoms with Gasteiger partial charge in [0.15, 0.2) is 11.3 Å². The molecular weight excluding hydrogens is 428 g/mol. The first kappa shape index (κ1) is 21.0. The van der Waals surface area contributed by atoms with E-state index < -0.39 is 0 Å². The molecule has 0 unspecified atom stereocenters. The summed E-state index contributed by atoms with van der Waals surface area (Å²) in [6.45, 7) is 1.41. The molecule has 0 saturated heterocycles. The fourth-order valence-corrected chi connectivity index (χ4v) is 3.20. The quantitative estimate of drug-likeness (QED) is 0.300. The molecule has 0 atom stereocenters. The lowest BCUT2D eigenvalue weighted by Gasteiger charge is -2.03. The molecule has 0 saturated carbocycles. The van der Waals surface area contributed by atoms with E-state index in [0.29, 0.717) is 36.3 Å². The van der Waals surface area contributed by atoms with Gasteiger partial charge >= 0.3 is 0 Å². The van der Waals surface area contributed by atoms with E-state index in [1.54, 1.807) is 25.0 Å². The SMILES string of the molecule is c1ccc(CNc2ncc3[nH]cnc3n2)cc1.c1ccc(CNc2ncc3[nH]cnc3n2)cc1. The molecule has 0 bridgehead atoms. The van der Waals surface area contributed by atoms with E-state index >= 15 is 0 Å². The Labute approximate surface area is 195 Å². The Balaban J connectivity index is 0.000000142. The molecule has 0 aliphatic heterocycles. The molecule has 34 heavy (non-hydrogen) atoms. The van der Waals surface area contributed by atoms with Crippen LogP contribution in [-0.4, -0.2) is 39.9 Å². The van der Waals surface area contributed by atoms with E-state index in [1.807, 2.05) is 36.4 Å². The highest BCUT2D eigenvalue weighted by Crippen LogP contribution is 2.09. The number of benzene rings is 2. The normalized spacial score (nSPS) is 10.6. The fraction of sp³-hybridized carbons (Fsp3) is 0.0833. The monoisotopic (exact) mass is 450 g/mol. The maximum atomic E-state index is 4.29. The van der Waals surface area contributed by atoms with E-state index in [1.165, 1.54) is 11.1 Å². The third kappa shape index (κ3) is 5.30. The Bertz CT molecular complexity index is 1350. The van der Waals surface area contributed by atoms with Crippen LogP contribution in [0.15, 0.2) is 85.7 Å². The van der Waals surface area contributed by atoms with Crippen molar-refractivity contribution in [2.24, 2.45) is 0 Å². The molecule has 6 rings (SSSR count). The van der Waals surface area contributed by atoms with Gasteiger partial charge in [0.05, 0.1) is 25.0 Å². The molecule has 10 nitrogen and oxygen atoms in total. The third-order valence-electron chi connectivity index (χ3n) is 4.94. The molecule has 2 aromatic carbocycles. The van der Waals surface area contributed by atoms with Crippen molar-refractivity contribution >= 4 is 34.2 Å². The molecule has 0 fully saturated rings. The zero-order valence-electron chi connectivity index (χ0n) is 18.2. The van der Waals surface area contributed by atoms with Gasteiger partial charge in [0, 0.05) is 13.1 Å². The van der Waals surface area contributed by atoms with E-state index in [-0.39, 0.29) is 0 Å². The average Bonchev–Trinajstić information content (AvgIpc) is 3.56. The van der Waals surface area contributed by atoms with Gasteiger partial charge in [0.25, 0.3) is 0 Å². The van der Waals surface area contributed by atoms with Crippen molar-refractivity contribution in [2.75, 3.05) is 10.6 Å². The van der Waals surface area contributed by atoms with Crippen LogP contribution in [0.5, 0.6) is 0 Å². The first-order valence-corrected chi connectivity index (χ1v) is 10.7. The first-order chi connectivity index (χ1) is 16.8. The Kier molecular flexibility index (Phi) is 6.29. The number of aromatic amines is 2. The lowest BCUT2D eigenvalue weighted by atomic mass is 10.2. The number of anilines is 2. The summed E-state index contributed by atoms with van der Waals surface area (Å²) in [6.07, 6.45) is 6.67. The van der Waals surface area contributed by atoms with Crippen LogP contribution in [0, 0.1) is 0 Å². The van der Waals surface area contributed by atoms with Crippen LogP contribution in [0.25, 0.3) is 22.3 Å². The molecule has 4 heterocycles. The zero-order chi connectivity index (χ0) is 23.0. The summed E-state index contributed by atoms with van der Waals surface area (Å²) in [4.78, 5) is 31.1. The summed E-state index contributed by atoms with van der Waals surface area (Å²) < 4.78 is 0. The molecule has 6 aromatic rings. The second-order valence-corrected chi connectivity index (χ2v) is 7.35. The largest absolute Gasteiger partial charge is 0.350 e. The molecule has 0 spiro atoms. The lowest BCUT2D eigenvalue weighted by Crippen LogP contribution is -2.03. The van der Waals surface area contributed by atoms with Gasteiger partial charge in [-0.05, 0) is 11.1 Å². The number of fused-ring (bicyclic) bond motifs is 2. The van der Waals surface area contributed by atoms with Crippen molar-refractivity contribution in [3.8, 4) is 0 Å². The highest BCUT2D eigenvalue weighted by atomic mass is 15.1. The molecule has 0 amide bonds. The van der Waals surface area contributed by atoms with Gasteiger partial charge in [-0.1, -0.05) is 60.7 Å². The van der Waals surface area contributed by atoms with Crippen molar-refractivity contribution in [2.45, 2.75) is 13.1 Å².